The largest absolute Gasteiger partial charge is 0.355 e. The molecule has 0 aliphatic heterocycles. The van der Waals surface area contributed by atoms with Crippen LogP contribution in [0.25, 0.3) is 0 Å². The molecule has 2 aromatic carbocycles. The maximum atomic E-state index is 13.4. The van der Waals surface area contributed by atoms with Crippen LogP contribution in [0.2, 0.25) is 0 Å². The molecule has 0 heterocycles. The van der Waals surface area contributed by atoms with Crippen LogP contribution in [0.3, 0.4) is 0 Å². The Kier molecular flexibility index (Phi) is 5.62. The molecule has 1 amide bonds. The molecule has 0 atom stereocenters. The number of amides is 1. The molecule has 0 aromatic heterocycles. The first-order valence-corrected chi connectivity index (χ1v) is 7.42. The summed E-state index contributed by atoms with van der Waals surface area (Å²) in [6.45, 7) is 0.576. The highest BCUT2D eigenvalue weighted by Crippen LogP contribution is 2.15. The molecule has 1 N–H and O–H groups in total. The molecule has 0 spiro atoms. The fourth-order valence-electron chi connectivity index (χ4n) is 1.75. The van der Waals surface area contributed by atoms with Gasteiger partial charge in [-0.2, -0.15) is 0 Å². The van der Waals surface area contributed by atoms with Crippen molar-refractivity contribution < 1.29 is 9.18 Å². The standard InChI is InChI=1S/C16H16FNOS/c17-15-9-5-4-6-13(15)12-16(19)18-10-11-20-14-7-2-1-3-8-14/h1-9H,10-12H2,(H,18,19). The van der Waals surface area contributed by atoms with Crippen LogP contribution in [-0.2, 0) is 11.2 Å². The van der Waals surface area contributed by atoms with Crippen molar-refractivity contribution >= 4 is 17.7 Å². The topological polar surface area (TPSA) is 29.1 Å². The summed E-state index contributed by atoms with van der Waals surface area (Å²) in [4.78, 5) is 12.9. The molecule has 0 saturated carbocycles. The van der Waals surface area contributed by atoms with Crippen molar-refractivity contribution in [2.75, 3.05) is 12.3 Å². The Labute approximate surface area is 122 Å². The molecule has 2 nitrogen and oxygen atoms in total. The predicted molar refractivity (Wildman–Crippen MR) is 80.3 cm³/mol. The van der Waals surface area contributed by atoms with Crippen LogP contribution in [0.1, 0.15) is 5.56 Å². The molecule has 20 heavy (non-hydrogen) atoms. The smallest absolute Gasteiger partial charge is 0.224 e. The van der Waals surface area contributed by atoms with Gasteiger partial charge in [-0.25, -0.2) is 4.39 Å². The number of hydrogen-bond acceptors (Lipinski definition) is 2. The molecule has 0 bridgehead atoms. The number of carbonyl (C=O) groups is 1. The fraction of sp³-hybridized carbons (Fsp3) is 0.188. The number of hydrogen-bond donors (Lipinski definition) is 1. The number of benzene rings is 2. The summed E-state index contributed by atoms with van der Waals surface area (Å²) in [6, 6.07) is 16.4. The lowest BCUT2D eigenvalue weighted by Crippen LogP contribution is -2.27. The number of carbonyl (C=O) groups excluding carboxylic acids is 1. The van der Waals surface area contributed by atoms with Gasteiger partial charge in [-0.15, -0.1) is 11.8 Å². The minimum atomic E-state index is -0.332. The van der Waals surface area contributed by atoms with E-state index in [-0.39, 0.29) is 18.1 Å². The number of nitrogens with one attached hydrogen (secondary N) is 1. The van der Waals surface area contributed by atoms with Crippen LogP contribution < -0.4 is 5.32 Å². The first-order chi connectivity index (χ1) is 9.75. The highest BCUT2D eigenvalue weighted by molar-refractivity contribution is 7.99. The molecule has 2 aromatic rings. The summed E-state index contributed by atoms with van der Waals surface area (Å²) in [5.41, 5.74) is 0.431. The molecule has 0 fully saturated rings. The van der Waals surface area contributed by atoms with E-state index in [1.807, 2.05) is 30.3 Å². The SMILES string of the molecule is O=C(Cc1ccccc1F)NCCSc1ccccc1. The van der Waals surface area contributed by atoms with Crippen LogP contribution in [0.4, 0.5) is 4.39 Å². The van der Waals surface area contributed by atoms with Crippen molar-refractivity contribution in [3.05, 3.63) is 66.0 Å². The van der Waals surface area contributed by atoms with E-state index in [0.29, 0.717) is 12.1 Å². The quantitative estimate of drug-likeness (QED) is 0.653. The second-order valence-electron chi connectivity index (χ2n) is 4.28. The second-order valence-corrected chi connectivity index (χ2v) is 5.45. The van der Waals surface area contributed by atoms with Crippen LogP contribution in [0.5, 0.6) is 0 Å². The van der Waals surface area contributed by atoms with Crippen molar-refractivity contribution in [1.82, 2.24) is 5.32 Å². The Morgan fingerprint density at radius 3 is 2.50 bits per heavy atom. The van der Waals surface area contributed by atoms with Crippen molar-refractivity contribution in [1.29, 1.82) is 0 Å². The lowest BCUT2D eigenvalue weighted by Gasteiger charge is -2.06. The summed E-state index contributed by atoms with van der Waals surface area (Å²) < 4.78 is 13.4. The summed E-state index contributed by atoms with van der Waals surface area (Å²) in [5, 5.41) is 2.80. The summed E-state index contributed by atoms with van der Waals surface area (Å²) in [7, 11) is 0. The van der Waals surface area contributed by atoms with Gasteiger partial charge in [0.15, 0.2) is 0 Å². The van der Waals surface area contributed by atoms with Gasteiger partial charge in [-0.05, 0) is 23.8 Å². The maximum Gasteiger partial charge on any atom is 0.224 e. The number of halogens is 1. The van der Waals surface area contributed by atoms with Crippen molar-refractivity contribution in [3.63, 3.8) is 0 Å². The average Bonchev–Trinajstić information content (AvgIpc) is 2.47. The Morgan fingerprint density at radius 2 is 1.75 bits per heavy atom. The van der Waals surface area contributed by atoms with Gasteiger partial charge in [-0.1, -0.05) is 36.4 Å². The Bertz CT molecular complexity index is 559. The Hall–Kier alpha value is -1.81. The molecule has 104 valence electrons. The van der Waals surface area contributed by atoms with E-state index in [2.05, 4.69) is 5.32 Å². The predicted octanol–water partition coefficient (Wildman–Crippen LogP) is 3.28. The average molecular weight is 289 g/mol. The summed E-state index contributed by atoms with van der Waals surface area (Å²) in [6.07, 6.45) is 0.0860. The molecule has 2 rings (SSSR count). The molecule has 0 unspecified atom stereocenters. The zero-order valence-corrected chi connectivity index (χ0v) is 11.8. The van der Waals surface area contributed by atoms with E-state index in [1.165, 1.54) is 11.0 Å². The molecule has 4 heteroatoms. The third-order valence-corrected chi connectivity index (χ3v) is 3.76. The summed E-state index contributed by atoms with van der Waals surface area (Å²) in [5.74, 6) is 0.317. The zero-order chi connectivity index (χ0) is 14.2. The van der Waals surface area contributed by atoms with E-state index in [0.717, 1.165) is 5.75 Å². The molecule has 0 radical (unpaired) electrons. The van der Waals surface area contributed by atoms with Crippen LogP contribution >= 0.6 is 11.8 Å². The third-order valence-electron chi connectivity index (χ3n) is 2.75. The number of rotatable bonds is 6. The molecule has 0 aliphatic rings. The van der Waals surface area contributed by atoms with E-state index >= 15 is 0 Å². The van der Waals surface area contributed by atoms with Crippen molar-refractivity contribution in [2.45, 2.75) is 11.3 Å². The highest BCUT2D eigenvalue weighted by Gasteiger charge is 2.06. The zero-order valence-electron chi connectivity index (χ0n) is 11.0. The first-order valence-electron chi connectivity index (χ1n) is 6.43. The van der Waals surface area contributed by atoms with Gasteiger partial charge < -0.3 is 5.32 Å². The van der Waals surface area contributed by atoms with Gasteiger partial charge in [0.1, 0.15) is 5.82 Å². The van der Waals surface area contributed by atoms with E-state index in [1.54, 1.807) is 30.0 Å². The molecular weight excluding hydrogens is 273 g/mol. The number of thioether (sulfide) groups is 1. The minimum Gasteiger partial charge on any atom is -0.355 e. The maximum absolute atomic E-state index is 13.4. The van der Waals surface area contributed by atoms with Gasteiger partial charge in [-0.3, -0.25) is 4.79 Å². The van der Waals surface area contributed by atoms with Gasteiger partial charge in [0.25, 0.3) is 0 Å². The molecule has 0 saturated heterocycles. The lowest BCUT2D eigenvalue weighted by atomic mass is 10.1. The van der Waals surface area contributed by atoms with Crippen LogP contribution in [0.15, 0.2) is 59.5 Å². The normalized spacial score (nSPS) is 10.2. The van der Waals surface area contributed by atoms with Gasteiger partial charge in [0.05, 0.1) is 6.42 Å². The minimum absolute atomic E-state index is 0.0860. The fourth-order valence-corrected chi connectivity index (χ4v) is 2.54. The van der Waals surface area contributed by atoms with Crippen LogP contribution in [-0.4, -0.2) is 18.2 Å². The molecule has 0 aliphatic carbocycles. The van der Waals surface area contributed by atoms with Crippen molar-refractivity contribution in [3.8, 4) is 0 Å². The van der Waals surface area contributed by atoms with E-state index in [4.69, 9.17) is 0 Å². The van der Waals surface area contributed by atoms with Crippen molar-refractivity contribution in [2.24, 2.45) is 0 Å². The van der Waals surface area contributed by atoms with E-state index < -0.39 is 0 Å². The van der Waals surface area contributed by atoms with E-state index in [9.17, 15) is 9.18 Å². The van der Waals surface area contributed by atoms with Gasteiger partial charge in [0, 0.05) is 17.2 Å². The monoisotopic (exact) mass is 289 g/mol. The summed E-state index contributed by atoms with van der Waals surface area (Å²) >= 11 is 1.68. The van der Waals surface area contributed by atoms with Gasteiger partial charge in [0.2, 0.25) is 5.91 Å². The van der Waals surface area contributed by atoms with Crippen LogP contribution in [0, 0.1) is 5.82 Å². The Morgan fingerprint density at radius 1 is 1.05 bits per heavy atom. The second kappa shape index (κ2) is 7.70. The molecular formula is C16H16FNOS. The third kappa shape index (κ3) is 4.70. The Balaban J connectivity index is 1.69. The van der Waals surface area contributed by atoms with Gasteiger partial charge >= 0.3 is 0 Å². The lowest BCUT2D eigenvalue weighted by molar-refractivity contribution is -0.120. The first kappa shape index (κ1) is 14.6. The highest BCUT2D eigenvalue weighted by atomic mass is 32.2.